The van der Waals surface area contributed by atoms with Crippen LogP contribution in [-0.4, -0.2) is 28.3 Å². The van der Waals surface area contributed by atoms with Crippen LogP contribution in [0.25, 0.3) is 0 Å². The normalized spacial score (nSPS) is 20.6. The first kappa shape index (κ1) is 19.1. The van der Waals surface area contributed by atoms with Gasteiger partial charge >= 0.3 is 0 Å². The van der Waals surface area contributed by atoms with Gasteiger partial charge in [0, 0.05) is 12.0 Å². The number of ether oxygens (including phenoxy) is 2. The SMILES string of the molecule is C=CC[C@@H](NS(=O)C(C)(C)C)c1cc(F)ccc1OC1CCOC1. The van der Waals surface area contributed by atoms with Crippen molar-refractivity contribution >= 4 is 11.0 Å². The van der Waals surface area contributed by atoms with E-state index in [9.17, 15) is 8.60 Å². The zero-order valence-electron chi connectivity index (χ0n) is 14.5. The average molecular weight is 355 g/mol. The van der Waals surface area contributed by atoms with Crippen LogP contribution in [0.15, 0.2) is 30.9 Å². The molecular weight excluding hydrogens is 329 g/mol. The Morgan fingerprint density at radius 1 is 1.54 bits per heavy atom. The van der Waals surface area contributed by atoms with E-state index in [0.717, 1.165) is 6.42 Å². The molecule has 1 saturated heterocycles. The van der Waals surface area contributed by atoms with Gasteiger partial charge in [0.2, 0.25) is 0 Å². The summed E-state index contributed by atoms with van der Waals surface area (Å²) < 4.78 is 40.3. The lowest BCUT2D eigenvalue weighted by atomic mass is 10.0. The summed E-state index contributed by atoms with van der Waals surface area (Å²) in [6.07, 6.45) is 3.02. The molecule has 1 fully saturated rings. The van der Waals surface area contributed by atoms with Crippen LogP contribution in [0.1, 0.15) is 45.2 Å². The fourth-order valence-electron chi connectivity index (χ4n) is 2.40. The Bertz CT molecular complexity index is 594. The number of benzene rings is 1. The van der Waals surface area contributed by atoms with Gasteiger partial charge in [-0.3, -0.25) is 0 Å². The summed E-state index contributed by atoms with van der Waals surface area (Å²) in [5.74, 6) is 0.245. The molecule has 6 heteroatoms. The van der Waals surface area contributed by atoms with Crippen LogP contribution in [0.4, 0.5) is 4.39 Å². The van der Waals surface area contributed by atoms with Crippen molar-refractivity contribution in [1.82, 2.24) is 4.72 Å². The minimum Gasteiger partial charge on any atom is -0.488 e. The molecule has 2 rings (SSSR count). The van der Waals surface area contributed by atoms with Gasteiger partial charge in [-0.25, -0.2) is 13.3 Å². The Hall–Kier alpha value is -1.24. The molecule has 1 aliphatic heterocycles. The first-order valence-electron chi connectivity index (χ1n) is 8.14. The number of nitrogens with one attached hydrogen (secondary N) is 1. The third-order valence-corrected chi connectivity index (χ3v) is 5.35. The first-order valence-corrected chi connectivity index (χ1v) is 9.29. The Kier molecular flexibility index (Phi) is 6.54. The molecule has 1 aromatic carbocycles. The molecule has 0 saturated carbocycles. The van der Waals surface area contributed by atoms with Crippen molar-refractivity contribution in [3.63, 3.8) is 0 Å². The van der Waals surface area contributed by atoms with E-state index in [1.165, 1.54) is 12.1 Å². The zero-order valence-corrected chi connectivity index (χ0v) is 15.3. The number of halogens is 1. The van der Waals surface area contributed by atoms with Crippen molar-refractivity contribution < 1.29 is 18.1 Å². The minimum absolute atomic E-state index is 0.0355. The van der Waals surface area contributed by atoms with Crippen LogP contribution in [0.3, 0.4) is 0 Å². The molecule has 0 aliphatic carbocycles. The lowest BCUT2D eigenvalue weighted by Gasteiger charge is -2.26. The zero-order chi connectivity index (χ0) is 17.7. The third kappa shape index (κ3) is 5.13. The smallest absolute Gasteiger partial charge is 0.124 e. The summed E-state index contributed by atoms with van der Waals surface area (Å²) in [6.45, 7) is 10.6. The van der Waals surface area contributed by atoms with Gasteiger partial charge in [0.1, 0.15) is 17.7 Å². The topological polar surface area (TPSA) is 47.6 Å². The highest BCUT2D eigenvalue weighted by atomic mass is 32.2. The first-order chi connectivity index (χ1) is 11.3. The van der Waals surface area contributed by atoms with Gasteiger partial charge in [-0.15, -0.1) is 6.58 Å². The molecule has 1 heterocycles. The standard InChI is InChI=1S/C18H26FNO3S/c1-5-6-16(20-24(21)18(2,3)4)15-11-13(19)7-8-17(15)23-14-9-10-22-12-14/h5,7-8,11,14,16,20H,1,6,9-10,12H2,2-4H3/t14?,16-,24?/m1/s1. The van der Waals surface area contributed by atoms with Crippen molar-refractivity contribution in [2.24, 2.45) is 0 Å². The minimum atomic E-state index is -1.29. The Labute approximate surface area is 146 Å². The second-order valence-corrected chi connectivity index (χ2v) is 8.86. The maximum Gasteiger partial charge on any atom is 0.124 e. The molecule has 3 atom stereocenters. The molecule has 0 aromatic heterocycles. The van der Waals surface area contributed by atoms with E-state index in [0.29, 0.717) is 30.9 Å². The van der Waals surface area contributed by atoms with Crippen molar-refractivity contribution in [3.8, 4) is 5.75 Å². The highest BCUT2D eigenvalue weighted by molar-refractivity contribution is 7.84. The molecule has 134 valence electrons. The van der Waals surface area contributed by atoms with E-state index in [1.54, 1.807) is 12.1 Å². The Morgan fingerprint density at radius 2 is 2.29 bits per heavy atom. The van der Waals surface area contributed by atoms with Crippen molar-refractivity contribution in [1.29, 1.82) is 0 Å². The molecule has 0 bridgehead atoms. The van der Waals surface area contributed by atoms with Gasteiger partial charge in [-0.2, -0.15) is 0 Å². The van der Waals surface area contributed by atoms with E-state index >= 15 is 0 Å². The lowest BCUT2D eigenvalue weighted by Crippen LogP contribution is -2.36. The highest BCUT2D eigenvalue weighted by Crippen LogP contribution is 2.31. The Balaban J connectivity index is 2.28. The summed E-state index contributed by atoms with van der Waals surface area (Å²) in [5.41, 5.74) is 0.652. The van der Waals surface area contributed by atoms with Gasteiger partial charge in [0.25, 0.3) is 0 Å². The maximum atomic E-state index is 13.8. The molecule has 1 aliphatic rings. The fraction of sp³-hybridized carbons (Fsp3) is 0.556. The summed E-state index contributed by atoms with van der Waals surface area (Å²) in [4.78, 5) is 0. The van der Waals surface area contributed by atoms with Crippen molar-refractivity contribution in [3.05, 3.63) is 42.2 Å². The van der Waals surface area contributed by atoms with Crippen LogP contribution in [0, 0.1) is 5.82 Å². The monoisotopic (exact) mass is 355 g/mol. The van der Waals surface area contributed by atoms with Gasteiger partial charge < -0.3 is 9.47 Å². The molecule has 1 N–H and O–H groups in total. The average Bonchev–Trinajstić information content (AvgIpc) is 3.00. The van der Waals surface area contributed by atoms with Gasteiger partial charge in [-0.1, -0.05) is 6.08 Å². The molecule has 1 aromatic rings. The summed E-state index contributed by atoms with van der Waals surface area (Å²) in [5, 5.41) is 0. The van der Waals surface area contributed by atoms with E-state index in [-0.39, 0.29) is 18.0 Å². The van der Waals surface area contributed by atoms with Crippen molar-refractivity contribution in [2.75, 3.05) is 13.2 Å². The van der Waals surface area contributed by atoms with Crippen LogP contribution in [-0.2, 0) is 15.7 Å². The summed E-state index contributed by atoms with van der Waals surface area (Å²) in [6, 6.07) is 4.10. The van der Waals surface area contributed by atoms with Gasteiger partial charge in [0.05, 0.1) is 35.0 Å². The lowest BCUT2D eigenvalue weighted by molar-refractivity contribution is 0.140. The van der Waals surface area contributed by atoms with E-state index in [4.69, 9.17) is 9.47 Å². The third-order valence-electron chi connectivity index (χ3n) is 3.74. The van der Waals surface area contributed by atoms with Crippen LogP contribution < -0.4 is 9.46 Å². The van der Waals surface area contributed by atoms with E-state index in [1.807, 2.05) is 20.8 Å². The molecule has 0 radical (unpaired) electrons. The van der Waals surface area contributed by atoms with Crippen LogP contribution in [0.5, 0.6) is 5.75 Å². The molecule has 0 spiro atoms. The number of hydrogen-bond donors (Lipinski definition) is 1. The van der Waals surface area contributed by atoms with Crippen LogP contribution >= 0.6 is 0 Å². The second-order valence-electron chi connectivity index (χ2n) is 6.86. The van der Waals surface area contributed by atoms with Gasteiger partial charge in [-0.05, 0) is 45.4 Å². The molecule has 4 nitrogen and oxygen atoms in total. The van der Waals surface area contributed by atoms with E-state index in [2.05, 4.69) is 11.3 Å². The van der Waals surface area contributed by atoms with Crippen molar-refractivity contribution in [2.45, 2.75) is 50.5 Å². The van der Waals surface area contributed by atoms with Gasteiger partial charge in [0.15, 0.2) is 0 Å². The fourth-order valence-corrected chi connectivity index (χ4v) is 3.23. The molecular formula is C18H26FNO3S. The summed E-state index contributed by atoms with van der Waals surface area (Å²) >= 11 is 0. The van der Waals surface area contributed by atoms with Crippen LogP contribution in [0.2, 0.25) is 0 Å². The highest BCUT2D eigenvalue weighted by Gasteiger charge is 2.26. The molecule has 2 unspecified atom stereocenters. The molecule has 24 heavy (non-hydrogen) atoms. The number of rotatable bonds is 7. The van der Waals surface area contributed by atoms with E-state index < -0.39 is 15.7 Å². The summed E-state index contributed by atoms with van der Waals surface area (Å²) in [7, 11) is -1.29. The largest absolute Gasteiger partial charge is 0.488 e. The maximum absolute atomic E-state index is 13.8. The Morgan fingerprint density at radius 3 is 2.88 bits per heavy atom. The predicted octanol–water partition coefficient (Wildman–Crippen LogP) is 3.66. The quantitative estimate of drug-likeness (QED) is 0.759. The molecule has 0 amide bonds. The predicted molar refractivity (Wildman–Crippen MR) is 94.8 cm³/mol. The second kappa shape index (κ2) is 8.23. The number of hydrogen-bond acceptors (Lipinski definition) is 3.